The predicted octanol–water partition coefficient (Wildman–Crippen LogP) is 3.67. The summed E-state index contributed by atoms with van der Waals surface area (Å²) in [6.45, 7) is 5.94. The van der Waals surface area contributed by atoms with Crippen LogP contribution in [0.3, 0.4) is 0 Å². The van der Waals surface area contributed by atoms with Gasteiger partial charge in [-0.05, 0) is 57.1 Å². The molecule has 1 heterocycles. The molecule has 23 heavy (non-hydrogen) atoms. The molecule has 126 valence electrons. The standard InChI is InChI=1S/C17H23NO4S/c1-17(2,3)22-16(20)18-10-9-13(14(18)15(19)23)11-5-7-12(21-4)8-6-11/h5-8,13-14H,9-10H2,1-4H3,(H,19,23). The van der Waals surface area contributed by atoms with Crippen LogP contribution in [0.5, 0.6) is 5.75 Å². The summed E-state index contributed by atoms with van der Waals surface area (Å²) in [5, 5.41) is 9.77. The van der Waals surface area contributed by atoms with Crippen LogP contribution >= 0.6 is 12.2 Å². The molecule has 1 aliphatic heterocycles. The van der Waals surface area contributed by atoms with Gasteiger partial charge in [0.15, 0.2) is 5.05 Å². The van der Waals surface area contributed by atoms with Crippen molar-refractivity contribution < 1.29 is 19.4 Å². The first-order valence-corrected chi connectivity index (χ1v) is 8.00. The lowest BCUT2D eigenvalue weighted by molar-refractivity contribution is 0.0254. The van der Waals surface area contributed by atoms with E-state index >= 15 is 0 Å². The Bertz CT molecular complexity index is 579. The van der Waals surface area contributed by atoms with Crippen LogP contribution in [-0.4, -0.2) is 46.4 Å². The number of methoxy groups -OCH3 is 1. The van der Waals surface area contributed by atoms with Gasteiger partial charge in [-0.25, -0.2) is 4.79 Å². The Morgan fingerprint density at radius 3 is 2.39 bits per heavy atom. The van der Waals surface area contributed by atoms with Gasteiger partial charge in [-0.3, -0.25) is 4.90 Å². The van der Waals surface area contributed by atoms with Crippen LogP contribution in [0.15, 0.2) is 24.3 Å². The van der Waals surface area contributed by atoms with E-state index in [0.29, 0.717) is 6.54 Å². The fraction of sp³-hybridized carbons (Fsp3) is 0.529. The Morgan fingerprint density at radius 2 is 1.91 bits per heavy atom. The summed E-state index contributed by atoms with van der Waals surface area (Å²) in [6, 6.07) is 7.06. The SMILES string of the molecule is COc1ccc(C2CCN(C(=O)OC(C)(C)C)C2C(O)=S)cc1. The summed E-state index contributed by atoms with van der Waals surface area (Å²) >= 11 is 5.00. The molecule has 0 spiro atoms. The van der Waals surface area contributed by atoms with Crippen molar-refractivity contribution in [2.45, 2.75) is 44.8 Å². The molecular formula is C17H23NO4S. The highest BCUT2D eigenvalue weighted by Crippen LogP contribution is 2.35. The van der Waals surface area contributed by atoms with Crippen molar-refractivity contribution >= 4 is 23.4 Å². The highest BCUT2D eigenvalue weighted by Gasteiger charge is 2.42. The van der Waals surface area contributed by atoms with Gasteiger partial charge in [0.05, 0.1) is 7.11 Å². The van der Waals surface area contributed by atoms with Gasteiger partial charge in [-0.15, -0.1) is 0 Å². The van der Waals surface area contributed by atoms with Crippen molar-refractivity contribution in [3.05, 3.63) is 29.8 Å². The van der Waals surface area contributed by atoms with Gasteiger partial charge >= 0.3 is 6.09 Å². The van der Waals surface area contributed by atoms with E-state index in [4.69, 9.17) is 21.7 Å². The Labute approximate surface area is 142 Å². The molecule has 1 aromatic rings. The molecule has 2 unspecified atom stereocenters. The Hall–Kier alpha value is -1.82. The third-order valence-corrected chi connectivity index (χ3v) is 4.06. The van der Waals surface area contributed by atoms with Crippen LogP contribution in [0.25, 0.3) is 0 Å². The number of rotatable bonds is 3. The first-order valence-electron chi connectivity index (χ1n) is 7.59. The zero-order valence-electron chi connectivity index (χ0n) is 13.9. The van der Waals surface area contributed by atoms with E-state index < -0.39 is 17.7 Å². The van der Waals surface area contributed by atoms with Crippen LogP contribution in [-0.2, 0) is 4.74 Å². The molecule has 0 bridgehead atoms. The number of aliphatic hydroxyl groups excluding tert-OH is 1. The van der Waals surface area contributed by atoms with Gasteiger partial charge in [-0.2, -0.15) is 0 Å². The number of aliphatic hydroxyl groups is 1. The van der Waals surface area contributed by atoms with Gasteiger partial charge in [0.1, 0.15) is 17.4 Å². The molecule has 2 rings (SSSR count). The number of likely N-dealkylation sites (tertiary alicyclic amines) is 1. The maximum Gasteiger partial charge on any atom is 0.410 e. The third-order valence-electron chi connectivity index (χ3n) is 3.82. The number of carbonyl (C=O) groups excluding carboxylic acids is 1. The quantitative estimate of drug-likeness (QED) is 0.853. The zero-order valence-corrected chi connectivity index (χ0v) is 14.7. The zero-order chi connectivity index (χ0) is 17.2. The van der Waals surface area contributed by atoms with E-state index in [1.807, 2.05) is 45.0 Å². The predicted molar refractivity (Wildman–Crippen MR) is 92.3 cm³/mol. The highest BCUT2D eigenvalue weighted by atomic mass is 32.1. The van der Waals surface area contributed by atoms with E-state index in [1.165, 1.54) is 4.90 Å². The molecule has 6 heteroatoms. The van der Waals surface area contributed by atoms with E-state index in [2.05, 4.69) is 0 Å². The summed E-state index contributed by atoms with van der Waals surface area (Å²) in [6.07, 6.45) is 0.270. The fourth-order valence-corrected chi connectivity index (χ4v) is 3.11. The van der Waals surface area contributed by atoms with Crippen LogP contribution in [0.4, 0.5) is 4.79 Å². The molecule has 0 aromatic heterocycles. The van der Waals surface area contributed by atoms with Crippen molar-refractivity contribution in [2.24, 2.45) is 0 Å². The lowest BCUT2D eigenvalue weighted by Crippen LogP contribution is -2.44. The number of hydrogen-bond acceptors (Lipinski definition) is 4. The monoisotopic (exact) mass is 337 g/mol. The molecule has 1 aromatic carbocycles. The van der Waals surface area contributed by atoms with Crippen LogP contribution in [0.2, 0.25) is 0 Å². The van der Waals surface area contributed by atoms with Gasteiger partial charge in [-0.1, -0.05) is 12.1 Å². The molecule has 0 aliphatic carbocycles. The highest BCUT2D eigenvalue weighted by molar-refractivity contribution is 7.80. The molecule has 1 N–H and O–H groups in total. The average Bonchev–Trinajstić information content (AvgIpc) is 2.90. The molecule has 0 radical (unpaired) electrons. The van der Waals surface area contributed by atoms with E-state index in [9.17, 15) is 9.90 Å². The Kier molecular flexibility index (Phi) is 5.14. The fourth-order valence-electron chi connectivity index (χ4n) is 2.82. The lowest BCUT2D eigenvalue weighted by atomic mass is 9.92. The molecule has 0 saturated carbocycles. The van der Waals surface area contributed by atoms with Gasteiger partial charge in [0.25, 0.3) is 0 Å². The van der Waals surface area contributed by atoms with Crippen molar-refractivity contribution in [1.29, 1.82) is 0 Å². The minimum absolute atomic E-state index is 0.0501. The first-order chi connectivity index (χ1) is 10.7. The van der Waals surface area contributed by atoms with Crippen LogP contribution in [0, 0.1) is 0 Å². The molecule has 5 nitrogen and oxygen atoms in total. The minimum atomic E-state index is -0.586. The number of benzene rings is 1. The molecular weight excluding hydrogens is 314 g/mol. The van der Waals surface area contributed by atoms with Crippen molar-refractivity contribution in [2.75, 3.05) is 13.7 Å². The topological polar surface area (TPSA) is 59.0 Å². The van der Waals surface area contributed by atoms with Crippen molar-refractivity contribution in [1.82, 2.24) is 4.90 Å². The summed E-state index contributed by atoms with van der Waals surface area (Å²) in [5.41, 5.74) is 0.426. The number of ether oxygens (including phenoxy) is 2. The van der Waals surface area contributed by atoms with Gasteiger partial charge in [0, 0.05) is 12.5 Å². The Balaban J connectivity index is 2.22. The van der Waals surface area contributed by atoms with Gasteiger partial charge < -0.3 is 14.6 Å². The molecule has 1 amide bonds. The summed E-state index contributed by atoms with van der Waals surface area (Å²) in [4.78, 5) is 13.9. The summed E-state index contributed by atoms with van der Waals surface area (Å²) in [7, 11) is 1.61. The number of nitrogens with zero attached hydrogens (tertiary/aromatic N) is 1. The molecule has 1 aliphatic rings. The second kappa shape index (κ2) is 6.74. The Morgan fingerprint density at radius 1 is 1.30 bits per heavy atom. The van der Waals surface area contributed by atoms with Crippen LogP contribution < -0.4 is 4.74 Å². The number of carbonyl (C=O) groups is 1. The normalized spacial score (nSPS) is 21.1. The van der Waals surface area contributed by atoms with E-state index in [0.717, 1.165) is 17.7 Å². The minimum Gasteiger partial charge on any atom is -0.500 e. The van der Waals surface area contributed by atoms with Crippen molar-refractivity contribution in [3.8, 4) is 5.75 Å². The van der Waals surface area contributed by atoms with E-state index in [-0.39, 0.29) is 11.0 Å². The average molecular weight is 337 g/mol. The maximum absolute atomic E-state index is 12.4. The number of amides is 1. The summed E-state index contributed by atoms with van der Waals surface area (Å²) in [5.74, 6) is 0.713. The second-order valence-corrected chi connectivity index (χ2v) is 7.04. The number of thiocarbonyl (C=S) groups is 1. The second-order valence-electron chi connectivity index (χ2n) is 6.63. The van der Waals surface area contributed by atoms with Gasteiger partial charge in [0.2, 0.25) is 0 Å². The van der Waals surface area contributed by atoms with E-state index in [1.54, 1.807) is 7.11 Å². The summed E-state index contributed by atoms with van der Waals surface area (Å²) < 4.78 is 10.6. The maximum atomic E-state index is 12.4. The molecule has 2 atom stereocenters. The van der Waals surface area contributed by atoms with Crippen molar-refractivity contribution in [3.63, 3.8) is 0 Å². The first kappa shape index (κ1) is 17.5. The number of hydrogen-bond donors (Lipinski definition) is 1. The third kappa shape index (κ3) is 4.13. The molecule has 1 fully saturated rings. The smallest absolute Gasteiger partial charge is 0.410 e. The largest absolute Gasteiger partial charge is 0.500 e. The lowest BCUT2D eigenvalue weighted by Gasteiger charge is -2.29. The molecule has 1 saturated heterocycles. The van der Waals surface area contributed by atoms with Crippen LogP contribution in [0.1, 0.15) is 38.7 Å².